The van der Waals surface area contributed by atoms with E-state index in [1.54, 1.807) is 0 Å². The molecule has 2 aliphatic heterocycles. The predicted molar refractivity (Wildman–Crippen MR) is 59.2 cm³/mol. The third-order valence-corrected chi connectivity index (χ3v) is 4.05. The van der Waals surface area contributed by atoms with E-state index in [0.29, 0.717) is 5.41 Å². The Labute approximate surface area is 87.0 Å². The highest BCUT2D eigenvalue weighted by Gasteiger charge is 2.36. The summed E-state index contributed by atoms with van der Waals surface area (Å²) in [6.45, 7) is 6.42. The smallest absolute Gasteiger partial charge is 0.376 e. The van der Waals surface area contributed by atoms with E-state index in [0.717, 1.165) is 13.1 Å². The van der Waals surface area contributed by atoms with Crippen molar-refractivity contribution in [2.75, 3.05) is 26.2 Å². The molecule has 0 aliphatic carbocycles. The Morgan fingerprint density at radius 3 is 2.21 bits per heavy atom. The van der Waals surface area contributed by atoms with Crippen molar-refractivity contribution < 1.29 is 5.02 Å². The van der Waals surface area contributed by atoms with E-state index in [4.69, 9.17) is 0 Å². The Kier molecular flexibility index (Phi) is 3.15. The lowest BCUT2D eigenvalue weighted by molar-refractivity contribution is 0.103. The molecule has 0 aromatic heterocycles. The van der Waals surface area contributed by atoms with Crippen molar-refractivity contribution in [3.8, 4) is 0 Å². The average molecular weight is 196 g/mol. The van der Waals surface area contributed by atoms with Crippen molar-refractivity contribution in [3.63, 3.8) is 0 Å². The minimum atomic E-state index is -0.255. The minimum absolute atomic E-state index is 0.255. The molecule has 1 spiro atoms. The number of rotatable bonds is 1. The van der Waals surface area contributed by atoms with Crippen LogP contribution in [-0.4, -0.2) is 43.1 Å². The zero-order valence-corrected chi connectivity index (χ0v) is 9.13. The molecule has 0 unspecified atom stereocenters. The van der Waals surface area contributed by atoms with Gasteiger partial charge in [0.15, 0.2) is 0 Å². The van der Waals surface area contributed by atoms with Gasteiger partial charge in [-0.25, -0.2) is 0 Å². The van der Waals surface area contributed by atoms with Crippen LogP contribution < -0.4 is 5.32 Å². The van der Waals surface area contributed by atoms with Gasteiger partial charge in [-0.1, -0.05) is 0 Å². The Bertz CT molecular complexity index is 183. The largest absolute Gasteiger partial charge is 0.437 e. The fourth-order valence-corrected chi connectivity index (χ4v) is 2.83. The van der Waals surface area contributed by atoms with Crippen LogP contribution in [0.2, 0.25) is 6.82 Å². The van der Waals surface area contributed by atoms with E-state index >= 15 is 0 Å². The maximum atomic E-state index is 9.48. The van der Waals surface area contributed by atoms with Crippen molar-refractivity contribution >= 4 is 7.05 Å². The van der Waals surface area contributed by atoms with E-state index in [1.807, 2.05) is 6.82 Å². The molecule has 0 radical (unpaired) electrons. The van der Waals surface area contributed by atoms with Crippen LogP contribution in [0.3, 0.4) is 0 Å². The molecular weight excluding hydrogens is 175 g/mol. The molecule has 0 saturated carbocycles. The molecule has 0 amide bonds. The van der Waals surface area contributed by atoms with Gasteiger partial charge in [-0.3, -0.25) is 0 Å². The Hall–Kier alpha value is -0.0551. The molecule has 0 atom stereocenters. The van der Waals surface area contributed by atoms with Crippen LogP contribution in [0.25, 0.3) is 0 Å². The standard InChI is InChI=1S/C10H21BN2O/c1-11(14)13-8-4-10(5-9-13)2-6-12-7-3-10/h12,14H,2-9H2,1H3. The van der Waals surface area contributed by atoms with E-state index in [1.165, 1.54) is 38.8 Å². The summed E-state index contributed by atoms with van der Waals surface area (Å²) in [7, 11) is -0.255. The Balaban J connectivity index is 1.87. The van der Waals surface area contributed by atoms with Crippen LogP contribution in [0.15, 0.2) is 0 Å². The van der Waals surface area contributed by atoms with Crippen LogP contribution in [0, 0.1) is 5.41 Å². The molecule has 0 aromatic rings. The highest BCUT2D eigenvalue weighted by Crippen LogP contribution is 2.39. The summed E-state index contributed by atoms with van der Waals surface area (Å²) >= 11 is 0. The van der Waals surface area contributed by atoms with Gasteiger partial charge in [0.05, 0.1) is 0 Å². The third-order valence-electron chi connectivity index (χ3n) is 4.05. The molecule has 3 nitrogen and oxygen atoms in total. The first-order valence-electron chi connectivity index (χ1n) is 5.85. The van der Waals surface area contributed by atoms with Gasteiger partial charge < -0.3 is 15.2 Å². The summed E-state index contributed by atoms with van der Waals surface area (Å²) in [5.74, 6) is 0. The molecule has 0 bridgehead atoms. The van der Waals surface area contributed by atoms with Crippen molar-refractivity contribution in [3.05, 3.63) is 0 Å². The summed E-state index contributed by atoms with van der Waals surface area (Å²) < 4.78 is 0. The van der Waals surface area contributed by atoms with Crippen LogP contribution in [0.4, 0.5) is 0 Å². The second-order valence-electron chi connectivity index (χ2n) is 4.92. The topological polar surface area (TPSA) is 35.5 Å². The molecule has 80 valence electrons. The molecule has 2 heterocycles. The maximum Gasteiger partial charge on any atom is 0.376 e. The van der Waals surface area contributed by atoms with Gasteiger partial charge in [-0.2, -0.15) is 0 Å². The van der Waals surface area contributed by atoms with Crippen molar-refractivity contribution in [1.29, 1.82) is 0 Å². The highest BCUT2D eigenvalue weighted by molar-refractivity contribution is 6.45. The van der Waals surface area contributed by atoms with Crippen LogP contribution in [-0.2, 0) is 0 Å². The second-order valence-corrected chi connectivity index (χ2v) is 4.92. The second kappa shape index (κ2) is 4.21. The quantitative estimate of drug-likeness (QED) is 0.601. The molecule has 4 heteroatoms. The molecule has 0 aromatic carbocycles. The van der Waals surface area contributed by atoms with E-state index in [2.05, 4.69) is 10.1 Å². The first-order chi connectivity index (χ1) is 6.72. The summed E-state index contributed by atoms with van der Waals surface area (Å²) in [6.07, 6.45) is 5.22. The van der Waals surface area contributed by atoms with Crippen molar-refractivity contribution in [2.45, 2.75) is 32.5 Å². The summed E-state index contributed by atoms with van der Waals surface area (Å²) in [4.78, 5) is 2.19. The summed E-state index contributed by atoms with van der Waals surface area (Å²) in [6, 6.07) is 0. The van der Waals surface area contributed by atoms with E-state index in [9.17, 15) is 5.02 Å². The van der Waals surface area contributed by atoms with Crippen molar-refractivity contribution in [1.82, 2.24) is 10.1 Å². The Morgan fingerprint density at radius 1 is 1.14 bits per heavy atom. The lowest BCUT2D eigenvalue weighted by Crippen LogP contribution is -2.49. The zero-order valence-electron chi connectivity index (χ0n) is 9.13. The highest BCUT2D eigenvalue weighted by atomic mass is 16.2. The average Bonchev–Trinajstić information content (AvgIpc) is 2.19. The summed E-state index contributed by atoms with van der Waals surface area (Å²) in [5.41, 5.74) is 0.608. The number of hydrogen-bond acceptors (Lipinski definition) is 3. The van der Waals surface area contributed by atoms with Crippen molar-refractivity contribution in [2.24, 2.45) is 5.41 Å². The number of hydrogen-bond donors (Lipinski definition) is 2. The number of nitrogens with one attached hydrogen (secondary N) is 1. The SMILES string of the molecule is CB(O)N1CCC2(CCNCC2)CC1. The van der Waals surface area contributed by atoms with Gasteiger partial charge in [-0.05, 0) is 64.1 Å². The minimum Gasteiger partial charge on any atom is -0.437 e. The first-order valence-corrected chi connectivity index (χ1v) is 5.85. The van der Waals surface area contributed by atoms with Gasteiger partial charge in [0.25, 0.3) is 0 Å². The first kappa shape index (κ1) is 10.5. The maximum absolute atomic E-state index is 9.48. The lowest BCUT2D eigenvalue weighted by atomic mass is 9.69. The fraction of sp³-hybridized carbons (Fsp3) is 1.00. The molecule has 2 N–H and O–H groups in total. The monoisotopic (exact) mass is 196 g/mol. The third kappa shape index (κ3) is 2.13. The van der Waals surface area contributed by atoms with Gasteiger partial charge in [-0.15, -0.1) is 0 Å². The van der Waals surface area contributed by atoms with Gasteiger partial charge in [0.1, 0.15) is 0 Å². The zero-order chi connectivity index (χ0) is 10.0. The molecule has 2 fully saturated rings. The van der Waals surface area contributed by atoms with Crippen LogP contribution in [0.1, 0.15) is 25.7 Å². The molecule has 2 saturated heterocycles. The van der Waals surface area contributed by atoms with Crippen LogP contribution >= 0.6 is 0 Å². The number of piperidine rings is 2. The Morgan fingerprint density at radius 2 is 1.71 bits per heavy atom. The fourth-order valence-electron chi connectivity index (χ4n) is 2.83. The molecule has 14 heavy (non-hydrogen) atoms. The van der Waals surface area contributed by atoms with Gasteiger partial charge in [0, 0.05) is 0 Å². The molecule has 2 aliphatic rings. The lowest BCUT2D eigenvalue weighted by Gasteiger charge is -2.44. The molecular formula is C10H21BN2O. The van der Waals surface area contributed by atoms with E-state index in [-0.39, 0.29) is 7.05 Å². The van der Waals surface area contributed by atoms with Gasteiger partial charge in [0.2, 0.25) is 0 Å². The summed E-state index contributed by atoms with van der Waals surface area (Å²) in [5, 5.41) is 12.9. The van der Waals surface area contributed by atoms with Gasteiger partial charge >= 0.3 is 7.05 Å². The molecule has 2 rings (SSSR count). The normalized spacial score (nSPS) is 27.9. The predicted octanol–water partition coefficient (Wildman–Crippen LogP) is 0.562. The number of nitrogens with zero attached hydrogens (tertiary/aromatic N) is 1. The van der Waals surface area contributed by atoms with Crippen LogP contribution in [0.5, 0.6) is 0 Å². The van der Waals surface area contributed by atoms with E-state index < -0.39 is 0 Å².